The van der Waals surface area contributed by atoms with Crippen LogP contribution in [0, 0.1) is 13.8 Å². The minimum atomic E-state index is 0.483. The van der Waals surface area contributed by atoms with Gasteiger partial charge in [0.2, 0.25) is 5.82 Å². The van der Waals surface area contributed by atoms with Crippen molar-refractivity contribution >= 4 is 11.6 Å². The van der Waals surface area contributed by atoms with Crippen LogP contribution in [-0.2, 0) is 0 Å². The average Bonchev–Trinajstić information content (AvgIpc) is 2.78. The Morgan fingerprint density at radius 3 is 2.69 bits per heavy atom. The molecular formula is C10H11ClN4O. The molecule has 0 bridgehead atoms. The van der Waals surface area contributed by atoms with E-state index in [0.29, 0.717) is 16.6 Å². The Bertz CT molecular complexity index is 510. The summed E-state index contributed by atoms with van der Waals surface area (Å²) in [5.41, 5.74) is 2.62. The fourth-order valence-corrected chi connectivity index (χ4v) is 1.78. The standard InChI is InChI=1S/C10H11ClN4O/c1-5-4-7(16-3)8(6(2)9(5)11)10-12-14-15-13-10/h4H,1-3H3,(H,12,13,14,15). The molecule has 1 heterocycles. The summed E-state index contributed by atoms with van der Waals surface area (Å²) in [4.78, 5) is 0. The van der Waals surface area contributed by atoms with Crippen LogP contribution >= 0.6 is 11.6 Å². The number of aromatic amines is 1. The van der Waals surface area contributed by atoms with Crippen molar-refractivity contribution < 1.29 is 4.74 Å². The zero-order valence-corrected chi connectivity index (χ0v) is 9.96. The number of aryl methyl sites for hydroxylation is 1. The van der Waals surface area contributed by atoms with Gasteiger partial charge in [-0.05, 0) is 36.3 Å². The van der Waals surface area contributed by atoms with E-state index in [9.17, 15) is 0 Å². The van der Waals surface area contributed by atoms with Gasteiger partial charge in [-0.15, -0.1) is 10.2 Å². The number of H-pyrrole nitrogens is 1. The molecule has 0 saturated carbocycles. The molecule has 0 amide bonds. The van der Waals surface area contributed by atoms with Crippen LogP contribution in [0.2, 0.25) is 5.02 Å². The van der Waals surface area contributed by atoms with Crippen molar-refractivity contribution in [2.45, 2.75) is 13.8 Å². The number of hydrogen-bond acceptors (Lipinski definition) is 4. The number of rotatable bonds is 2. The van der Waals surface area contributed by atoms with E-state index in [4.69, 9.17) is 16.3 Å². The van der Waals surface area contributed by atoms with Crippen LogP contribution in [0.1, 0.15) is 11.1 Å². The number of nitrogens with one attached hydrogen (secondary N) is 1. The number of benzene rings is 1. The molecular weight excluding hydrogens is 228 g/mol. The number of ether oxygens (including phenoxy) is 1. The molecule has 2 aromatic rings. The number of nitrogens with zero attached hydrogens (tertiary/aromatic N) is 3. The predicted molar refractivity (Wildman–Crippen MR) is 60.6 cm³/mol. The topological polar surface area (TPSA) is 63.7 Å². The molecule has 0 unspecified atom stereocenters. The fraction of sp³-hybridized carbons (Fsp3) is 0.300. The third-order valence-electron chi connectivity index (χ3n) is 2.43. The lowest BCUT2D eigenvalue weighted by Crippen LogP contribution is -1.95. The lowest BCUT2D eigenvalue weighted by molar-refractivity contribution is 0.415. The van der Waals surface area contributed by atoms with Gasteiger partial charge in [-0.1, -0.05) is 11.6 Å². The summed E-state index contributed by atoms with van der Waals surface area (Å²) in [5.74, 6) is 1.18. The zero-order valence-electron chi connectivity index (χ0n) is 9.21. The van der Waals surface area contributed by atoms with Crippen LogP contribution in [0.25, 0.3) is 11.4 Å². The van der Waals surface area contributed by atoms with Crippen LogP contribution in [0.4, 0.5) is 0 Å². The molecule has 1 aromatic carbocycles. The van der Waals surface area contributed by atoms with Crippen molar-refractivity contribution in [3.63, 3.8) is 0 Å². The Kier molecular flexibility index (Phi) is 2.78. The summed E-state index contributed by atoms with van der Waals surface area (Å²) in [7, 11) is 1.60. The highest BCUT2D eigenvalue weighted by Crippen LogP contribution is 2.36. The Labute approximate surface area is 97.8 Å². The first-order chi connectivity index (χ1) is 7.65. The maximum atomic E-state index is 6.19. The number of tetrazole rings is 1. The summed E-state index contributed by atoms with van der Waals surface area (Å²) in [5, 5.41) is 14.5. The molecule has 0 aliphatic heterocycles. The van der Waals surface area contributed by atoms with Crippen molar-refractivity contribution in [3.8, 4) is 17.1 Å². The van der Waals surface area contributed by atoms with E-state index in [1.807, 2.05) is 19.9 Å². The van der Waals surface area contributed by atoms with Gasteiger partial charge in [0.05, 0.1) is 12.7 Å². The van der Waals surface area contributed by atoms with Gasteiger partial charge in [0.15, 0.2) is 0 Å². The van der Waals surface area contributed by atoms with Crippen LogP contribution in [0.3, 0.4) is 0 Å². The van der Waals surface area contributed by atoms with Gasteiger partial charge in [-0.3, -0.25) is 0 Å². The SMILES string of the molecule is COc1cc(C)c(Cl)c(C)c1-c1nn[nH]n1. The normalized spacial score (nSPS) is 10.5. The third-order valence-corrected chi connectivity index (χ3v) is 3.01. The van der Waals surface area contributed by atoms with Crippen molar-refractivity contribution in [3.05, 3.63) is 22.2 Å². The average molecular weight is 239 g/mol. The molecule has 0 aliphatic carbocycles. The number of methoxy groups -OCH3 is 1. The summed E-state index contributed by atoms with van der Waals surface area (Å²) >= 11 is 6.19. The first-order valence-corrected chi connectivity index (χ1v) is 5.10. The molecule has 1 aromatic heterocycles. The van der Waals surface area contributed by atoms with E-state index in [2.05, 4.69) is 20.6 Å². The molecule has 0 atom stereocenters. The monoisotopic (exact) mass is 238 g/mol. The van der Waals surface area contributed by atoms with Gasteiger partial charge in [-0.2, -0.15) is 5.21 Å². The zero-order chi connectivity index (χ0) is 11.7. The molecule has 16 heavy (non-hydrogen) atoms. The third kappa shape index (κ3) is 1.63. The molecule has 0 radical (unpaired) electrons. The Balaban J connectivity index is 2.72. The van der Waals surface area contributed by atoms with Crippen LogP contribution in [0.15, 0.2) is 6.07 Å². The van der Waals surface area contributed by atoms with E-state index in [0.717, 1.165) is 16.7 Å². The molecule has 2 rings (SSSR count). The van der Waals surface area contributed by atoms with Crippen LogP contribution in [0.5, 0.6) is 5.75 Å². The van der Waals surface area contributed by atoms with Gasteiger partial charge in [0.1, 0.15) is 5.75 Å². The molecule has 1 N–H and O–H groups in total. The van der Waals surface area contributed by atoms with Gasteiger partial charge in [-0.25, -0.2) is 0 Å². The Morgan fingerprint density at radius 1 is 1.38 bits per heavy atom. The van der Waals surface area contributed by atoms with Crippen molar-refractivity contribution in [2.75, 3.05) is 7.11 Å². The lowest BCUT2D eigenvalue weighted by Gasteiger charge is -2.12. The van der Waals surface area contributed by atoms with E-state index >= 15 is 0 Å². The highest BCUT2D eigenvalue weighted by Gasteiger charge is 2.17. The predicted octanol–water partition coefficient (Wildman–Crippen LogP) is 2.15. The largest absolute Gasteiger partial charge is 0.496 e. The maximum Gasteiger partial charge on any atom is 0.208 e. The quantitative estimate of drug-likeness (QED) is 0.871. The van der Waals surface area contributed by atoms with E-state index in [1.165, 1.54) is 0 Å². The molecule has 0 fully saturated rings. The number of hydrogen-bond donors (Lipinski definition) is 1. The summed E-state index contributed by atoms with van der Waals surface area (Å²) in [6.45, 7) is 3.83. The smallest absolute Gasteiger partial charge is 0.208 e. The van der Waals surface area contributed by atoms with Gasteiger partial charge in [0, 0.05) is 5.02 Å². The first kappa shape index (κ1) is 10.9. The fourth-order valence-electron chi connectivity index (χ4n) is 1.63. The summed E-state index contributed by atoms with van der Waals surface area (Å²) in [6, 6.07) is 1.86. The van der Waals surface area contributed by atoms with Crippen molar-refractivity contribution in [1.29, 1.82) is 0 Å². The van der Waals surface area contributed by atoms with Gasteiger partial charge >= 0.3 is 0 Å². The Hall–Kier alpha value is -1.62. The second-order valence-corrected chi connectivity index (χ2v) is 3.82. The van der Waals surface area contributed by atoms with E-state index < -0.39 is 0 Å². The molecule has 0 aliphatic rings. The highest BCUT2D eigenvalue weighted by molar-refractivity contribution is 6.32. The minimum absolute atomic E-state index is 0.483. The summed E-state index contributed by atoms with van der Waals surface area (Å²) < 4.78 is 5.31. The highest BCUT2D eigenvalue weighted by atomic mass is 35.5. The second-order valence-electron chi connectivity index (χ2n) is 3.45. The first-order valence-electron chi connectivity index (χ1n) is 4.72. The Morgan fingerprint density at radius 2 is 2.12 bits per heavy atom. The van der Waals surface area contributed by atoms with E-state index in [1.54, 1.807) is 7.11 Å². The lowest BCUT2D eigenvalue weighted by atomic mass is 10.0. The number of aromatic nitrogens is 4. The van der Waals surface area contributed by atoms with Gasteiger partial charge in [0.25, 0.3) is 0 Å². The minimum Gasteiger partial charge on any atom is -0.496 e. The van der Waals surface area contributed by atoms with Crippen molar-refractivity contribution in [1.82, 2.24) is 20.6 Å². The van der Waals surface area contributed by atoms with Gasteiger partial charge < -0.3 is 4.74 Å². The molecule has 5 nitrogen and oxygen atoms in total. The molecule has 6 heteroatoms. The number of halogens is 1. The molecule has 0 saturated heterocycles. The van der Waals surface area contributed by atoms with E-state index in [-0.39, 0.29) is 0 Å². The van der Waals surface area contributed by atoms with Crippen molar-refractivity contribution in [2.24, 2.45) is 0 Å². The summed E-state index contributed by atoms with van der Waals surface area (Å²) in [6.07, 6.45) is 0. The van der Waals surface area contributed by atoms with Crippen LogP contribution in [-0.4, -0.2) is 27.7 Å². The molecule has 84 valence electrons. The second kappa shape index (κ2) is 4.09. The van der Waals surface area contributed by atoms with Crippen LogP contribution < -0.4 is 4.74 Å². The molecule has 0 spiro atoms. The maximum absolute atomic E-state index is 6.19.